The first-order valence-corrected chi connectivity index (χ1v) is 11.0. The van der Waals surface area contributed by atoms with Crippen molar-refractivity contribution < 1.29 is 9.18 Å². The first-order valence-electron chi connectivity index (χ1n) is 11.0. The fourth-order valence-electron chi connectivity index (χ4n) is 5.04. The van der Waals surface area contributed by atoms with Crippen molar-refractivity contribution in [1.82, 2.24) is 14.8 Å². The Morgan fingerprint density at radius 3 is 2.78 bits per heavy atom. The Hall–Kier alpha value is -3.42. The third-order valence-electron chi connectivity index (χ3n) is 6.52. The molecule has 2 aromatic heterocycles. The molecule has 5 rings (SSSR count). The first-order chi connectivity index (χ1) is 15.3. The van der Waals surface area contributed by atoms with Gasteiger partial charge in [-0.05, 0) is 63.4 Å². The molecule has 0 saturated carbocycles. The normalized spacial score (nSPS) is 17.8. The number of rotatable bonds is 1. The highest BCUT2D eigenvalue weighted by molar-refractivity contribution is 6.08. The molecule has 1 fully saturated rings. The minimum Gasteiger partial charge on any atom is -0.382 e. The van der Waals surface area contributed by atoms with Crippen molar-refractivity contribution in [2.24, 2.45) is 0 Å². The van der Waals surface area contributed by atoms with Crippen LogP contribution < -0.4 is 15.5 Å². The maximum Gasteiger partial charge on any atom is 0.259 e. The molecule has 2 N–H and O–H groups in total. The summed E-state index contributed by atoms with van der Waals surface area (Å²) < 4.78 is 16.2. The van der Waals surface area contributed by atoms with Gasteiger partial charge in [0, 0.05) is 42.5 Å². The van der Waals surface area contributed by atoms with E-state index in [9.17, 15) is 9.18 Å². The summed E-state index contributed by atoms with van der Waals surface area (Å²) in [4.78, 5) is 22.1. The molecule has 2 aliphatic heterocycles. The summed E-state index contributed by atoms with van der Waals surface area (Å²) in [5.41, 5.74) is 10.8. The van der Waals surface area contributed by atoms with Crippen LogP contribution in [0.2, 0.25) is 0 Å². The second-order valence-electron chi connectivity index (χ2n) is 8.90. The number of nitrogen functional groups attached to an aromatic ring is 1. The predicted octanol–water partition coefficient (Wildman–Crippen LogP) is 4.49. The molecular formula is C24H27FN6O. The number of fused-ring (bicyclic) bond motifs is 8. The van der Waals surface area contributed by atoms with Crippen molar-refractivity contribution in [2.45, 2.75) is 45.7 Å². The quantitative estimate of drug-likeness (QED) is 0.611. The average molecular weight is 435 g/mol. The van der Waals surface area contributed by atoms with Crippen LogP contribution in [0.4, 0.5) is 21.7 Å². The van der Waals surface area contributed by atoms with Gasteiger partial charge in [0.2, 0.25) is 0 Å². The molecule has 1 saturated heterocycles. The summed E-state index contributed by atoms with van der Waals surface area (Å²) in [7, 11) is 1.75. The molecule has 32 heavy (non-hydrogen) atoms. The van der Waals surface area contributed by atoms with Crippen LogP contribution in [0.15, 0.2) is 30.5 Å². The number of pyridine rings is 1. The van der Waals surface area contributed by atoms with Gasteiger partial charge in [0.05, 0.1) is 17.4 Å². The van der Waals surface area contributed by atoms with Crippen LogP contribution in [0.1, 0.15) is 60.4 Å². The lowest BCUT2D eigenvalue weighted by Crippen LogP contribution is -2.32. The minimum absolute atomic E-state index is 0.0369. The van der Waals surface area contributed by atoms with Crippen LogP contribution in [0.5, 0.6) is 0 Å². The fourth-order valence-corrected chi connectivity index (χ4v) is 5.04. The molecule has 3 aromatic rings. The van der Waals surface area contributed by atoms with E-state index in [-0.39, 0.29) is 23.8 Å². The summed E-state index contributed by atoms with van der Waals surface area (Å²) in [6.07, 6.45) is 3.47. The van der Waals surface area contributed by atoms with Crippen molar-refractivity contribution in [3.8, 4) is 11.1 Å². The van der Waals surface area contributed by atoms with Crippen molar-refractivity contribution in [3.63, 3.8) is 0 Å². The number of nitrogens with two attached hydrogens (primary N) is 1. The molecule has 8 heteroatoms. The maximum absolute atomic E-state index is 14.4. The third kappa shape index (κ3) is 2.97. The SMILES string of the molecule is Cc1nn(C(C)C)c2c1-c1cnc(N)c(c1)N1CCC[C@@H]1c1cc(F)ccc1C(=O)N2C. The highest BCUT2D eigenvalue weighted by atomic mass is 19.1. The number of aryl methyl sites for hydroxylation is 1. The van der Waals surface area contributed by atoms with Crippen molar-refractivity contribution >= 4 is 23.2 Å². The number of carbonyl (C=O) groups is 1. The molecule has 4 heterocycles. The van der Waals surface area contributed by atoms with Gasteiger partial charge in [0.25, 0.3) is 5.91 Å². The van der Waals surface area contributed by atoms with Gasteiger partial charge >= 0.3 is 0 Å². The number of hydrogen-bond acceptors (Lipinski definition) is 5. The second-order valence-corrected chi connectivity index (χ2v) is 8.90. The zero-order valence-corrected chi connectivity index (χ0v) is 18.8. The van der Waals surface area contributed by atoms with E-state index >= 15 is 0 Å². The predicted molar refractivity (Wildman–Crippen MR) is 123 cm³/mol. The molecule has 1 amide bonds. The van der Waals surface area contributed by atoms with Crippen molar-refractivity contribution in [1.29, 1.82) is 0 Å². The molecular weight excluding hydrogens is 407 g/mol. The van der Waals surface area contributed by atoms with Crippen LogP contribution in [0.25, 0.3) is 11.1 Å². The van der Waals surface area contributed by atoms with E-state index in [1.54, 1.807) is 24.2 Å². The number of halogens is 1. The van der Waals surface area contributed by atoms with Gasteiger partial charge in [0.1, 0.15) is 17.5 Å². The van der Waals surface area contributed by atoms with Crippen LogP contribution in [0, 0.1) is 12.7 Å². The average Bonchev–Trinajstić information content (AvgIpc) is 3.37. The van der Waals surface area contributed by atoms with E-state index in [4.69, 9.17) is 10.8 Å². The molecule has 7 nitrogen and oxygen atoms in total. The van der Waals surface area contributed by atoms with Crippen LogP contribution in [-0.4, -0.2) is 34.3 Å². The topological polar surface area (TPSA) is 80.3 Å². The highest BCUT2D eigenvalue weighted by Gasteiger charge is 2.35. The second kappa shape index (κ2) is 7.32. The third-order valence-corrected chi connectivity index (χ3v) is 6.52. The highest BCUT2D eigenvalue weighted by Crippen LogP contribution is 2.44. The largest absolute Gasteiger partial charge is 0.382 e. The molecule has 2 bridgehead atoms. The van der Waals surface area contributed by atoms with E-state index in [2.05, 4.69) is 9.88 Å². The van der Waals surface area contributed by atoms with E-state index in [1.807, 2.05) is 31.5 Å². The number of hydrogen-bond donors (Lipinski definition) is 1. The van der Waals surface area contributed by atoms with Crippen molar-refractivity contribution in [2.75, 3.05) is 29.1 Å². The molecule has 1 aromatic carbocycles. The minimum atomic E-state index is -0.357. The van der Waals surface area contributed by atoms with Crippen LogP contribution in [-0.2, 0) is 0 Å². The summed E-state index contributed by atoms with van der Waals surface area (Å²) in [5, 5.41) is 4.75. The zero-order valence-electron chi connectivity index (χ0n) is 18.8. The molecule has 0 unspecified atom stereocenters. The lowest BCUT2D eigenvalue weighted by Gasteiger charge is -2.29. The molecule has 166 valence electrons. The van der Waals surface area contributed by atoms with Gasteiger partial charge in [-0.15, -0.1) is 0 Å². The monoisotopic (exact) mass is 434 g/mol. The summed E-state index contributed by atoms with van der Waals surface area (Å²) in [6.45, 7) is 6.76. The zero-order chi connectivity index (χ0) is 22.7. The number of carbonyl (C=O) groups excluding carboxylic acids is 1. The smallest absolute Gasteiger partial charge is 0.259 e. The first kappa shape index (κ1) is 20.5. The Bertz CT molecular complexity index is 1230. The molecule has 0 aliphatic carbocycles. The van der Waals surface area contributed by atoms with Crippen molar-refractivity contribution in [3.05, 3.63) is 53.1 Å². The van der Waals surface area contributed by atoms with Gasteiger partial charge in [0.15, 0.2) is 0 Å². The van der Waals surface area contributed by atoms with Crippen LogP contribution in [0.3, 0.4) is 0 Å². The maximum atomic E-state index is 14.4. The van der Waals surface area contributed by atoms with Gasteiger partial charge in [-0.3, -0.25) is 9.69 Å². The Kier molecular flexibility index (Phi) is 4.69. The number of nitrogens with zero attached hydrogens (tertiary/aromatic N) is 5. The number of aromatic nitrogens is 3. The van der Waals surface area contributed by atoms with Gasteiger partial charge < -0.3 is 10.6 Å². The fraction of sp³-hybridized carbons (Fsp3) is 0.375. The number of amides is 1. The summed E-state index contributed by atoms with van der Waals surface area (Å²) >= 11 is 0. The summed E-state index contributed by atoms with van der Waals surface area (Å²) in [5.74, 6) is 0.570. The molecule has 0 radical (unpaired) electrons. The standard InChI is InChI=1S/C24H27FN6O/c1-13(2)31-23-21(14(3)28-31)15-10-20(22(26)27-12-15)30-9-5-6-19(30)18-11-16(25)7-8-17(18)24(32)29(23)4/h7-8,10-13,19H,5-6,9H2,1-4H3,(H2,26,27)/t19-/m1/s1. The van der Waals surface area contributed by atoms with E-state index in [1.165, 1.54) is 12.1 Å². The Labute approximate surface area is 186 Å². The Morgan fingerprint density at radius 2 is 2.03 bits per heavy atom. The molecule has 2 aliphatic rings. The molecule has 0 spiro atoms. The lowest BCUT2D eigenvalue weighted by molar-refractivity contribution is 0.0990. The van der Waals surface area contributed by atoms with E-state index < -0.39 is 0 Å². The Morgan fingerprint density at radius 1 is 1.25 bits per heavy atom. The molecule has 1 atom stereocenters. The Balaban J connectivity index is 1.87. The van der Waals surface area contributed by atoms with Gasteiger partial charge in [-0.2, -0.15) is 5.10 Å². The number of anilines is 3. The van der Waals surface area contributed by atoms with E-state index in [0.29, 0.717) is 22.8 Å². The van der Waals surface area contributed by atoms with Gasteiger partial charge in [-0.25, -0.2) is 14.1 Å². The van der Waals surface area contributed by atoms with Crippen LogP contribution >= 0.6 is 0 Å². The number of benzene rings is 1. The summed E-state index contributed by atoms with van der Waals surface area (Å²) in [6, 6.07) is 6.35. The van der Waals surface area contributed by atoms with E-state index in [0.717, 1.165) is 41.9 Å². The van der Waals surface area contributed by atoms with Gasteiger partial charge in [-0.1, -0.05) is 0 Å². The lowest BCUT2D eigenvalue weighted by atomic mass is 9.97.